The molecule has 0 radical (unpaired) electrons. The highest BCUT2D eigenvalue weighted by Gasteiger charge is 2.05. The molecule has 0 spiro atoms. The van der Waals surface area contributed by atoms with Crippen LogP contribution in [0.15, 0.2) is 5.16 Å². The van der Waals surface area contributed by atoms with E-state index in [1.807, 2.05) is 0 Å². The Morgan fingerprint density at radius 3 is 1.90 bits per heavy atom. The van der Waals surface area contributed by atoms with Crippen molar-refractivity contribution in [3.63, 3.8) is 0 Å². The zero-order valence-corrected chi connectivity index (χ0v) is 5.95. The summed E-state index contributed by atoms with van der Waals surface area (Å²) < 4.78 is 0. The number of nitrogens with zero attached hydrogens (tertiary/aromatic N) is 1. The van der Waals surface area contributed by atoms with Crippen molar-refractivity contribution in [3.8, 4) is 0 Å². The largest absolute Gasteiger partial charge is 0.411 e. The van der Waals surface area contributed by atoms with Gasteiger partial charge in [-0.3, -0.25) is 0 Å². The number of hydrogen-bond acceptors (Lipinski definition) is 4. The Balaban J connectivity index is 0.000000371. The fraction of sp³-hybridized carbons (Fsp3) is 0.833. The van der Waals surface area contributed by atoms with Crippen molar-refractivity contribution in [2.75, 3.05) is 0 Å². The van der Waals surface area contributed by atoms with Crippen molar-refractivity contribution in [3.05, 3.63) is 0 Å². The minimum atomic E-state index is 0.983. The van der Waals surface area contributed by atoms with Crippen LogP contribution < -0.4 is 5.90 Å². The van der Waals surface area contributed by atoms with Gasteiger partial charge in [0.15, 0.2) is 0 Å². The first-order valence-corrected chi connectivity index (χ1v) is 3.39. The molecule has 0 atom stereocenters. The standard InChI is InChI=1S/C6H11NO.H3NO/c8-7-6-4-2-1-3-5-6;1-2/h8H,1-5H2;2H,1H2. The van der Waals surface area contributed by atoms with E-state index in [0.717, 1.165) is 18.6 Å². The van der Waals surface area contributed by atoms with Crippen LogP contribution in [0, 0.1) is 0 Å². The average molecular weight is 146 g/mol. The summed E-state index contributed by atoms with van der Waals surface area (Å²) in [4.78, 5) is 0. The molecule has 0 aromatic rings. The second kappa shape index (κ2) is 6.51. The molecule has 1 saturated carbocycles. The molecule has 1 aliphatic carbocycles. The van der Waals surface area contributed by atoms with Gasteiger partial charge in [0.1, 0.15) is 0 Å². The van der Waals surface area contributed by atoms with Gasteiger partial charge in [0.2, 0.25) is 0 Å². The normalized spacial score (nSPS) is 17.2. The van der Waals surface area contributed by atoms with Crippen LogP contribution >= 0.6 is 0 Å². The Morgan fingerprint density at radius 1 is 1.10 bits per heavy atom. The van der Waals surface area contributed by atoms with E-state index in [2.05, 4.69) is 11.1 Å². The Morgan fingerprint density at radius 2 is 1.60 bits per heavy atom. The molecular weight excluding hydrogens is 132 g/mol. The van der Waals surface area contributed by atoms with Gasteiger partial charge in [-0.2, -0.15) is 0 Å². The van der Waals surface area contributed by atoms with Crippen LogP contribution in [0.3, 0.4) is 0 Å². The van der Waals surface area contributed by atoms with Gasteiger partial charge in [0, 0.05) is 0 Å². The maximum Gasteiger partial charge on any atom is 0.0570 e. The van der Waals surface area contributed by atoms with E-state index in [-0.39, 0.29) is 0 Å². The fourth-order valence-electron chi connectivity index (χ4n) is 1.06. The molecule has 0 aromatic carbocycles. The molecular formula is C6H14N2O2. The molecule has 0 heterocycles. The molecule has 1 fully saturated rings. The lowest BCUT2D eigenvalue weighted by Gasteiger charge is -2.08. The zero-order chi connectivity index (χ0) is 7.82. The number of oxime groups is 1. The number of rotatable bonds is 0. The second-order valence-electron chi connectivity index (χ2n) is 2.23. The Labute approximate surface area is 60.3 Å². The van der Waals surface area contributed by atoms with E-state index in [1.54, 1.807) is 0 Å². The van der Waals surface area contributed by atoms with E-state index in [1.165, 1.54) is 19.3 Å². The summed E-state index contributed by atoms with van der Waals surface area (Å²) in [5.41, 5.74) is 0.983. The van der Waals surface area contributed by atoms with E-state index in [4.69, 9.17) is 10.4 Å². The quantitative estimate of drug-likeness (QED) is 0.354. The van der Waals surface area contributed by atoms with Crippen LogP contribution in [0.25, 0.3) is 0 Å². The fourth-order valence-corrected chi connectivity index (χ4v) is 1.06. The van der Waals surface area contributed by atoms with Crippen LogP contribution in [0.2, 0.25) is 0 Å². The monoisotopic (exact) mass is 146 g/mol. The predicted octanol–water partition coefficient (Wildman–Crippen LogP) is 1.11. The third-order valence-electron chi connectivity index (χ3n) is 1.57. The van der Waals surface area contributed by atoms with Gasteiger partial charge in [-0.25, -0.2) is 5.90 Å². The first-order valence-electron chi connectivity index (χ1n) is 3.39. The molecule has 0 aliphatic heterocycles. The molecule has 0 saturated heterocycles. The molecule has 1 aliphatic rings. The van der Waals surface area contributed by atoms with Crippen molar-refractivity contribution in [1.82, 2.24) is 0 Å². The lowest BCUT2D eigenvalue weighted by atomic mass is 9.99. The van der Waals surface area contributed by atoms with Crippen molar-refractivity contribution >= 4 is 5.71 Å². The van der Waals surface area contributed by atoms with Crippen LogP contribution in [0.5, 0.6) is 0 Å². The third kappa shape index (κ3) is 3.42. The highest BCUT2D eigenvalue weighted by molar-refractivity contribution is 5.84. The molecule has 4 heteroatoms. The summed E-state index contributed by atoms with van der Waals surface area (Å²) >= 11 is 0. The van der Waals surface area contributed by atoms with Gasteiger partial charge in [-0.1, -0.05) is 11.6 Å². The number of nitrogens with two attached hydrogens (primary N) is 1. The highest BCUT2D eigenvalue weighted by atomic mass is 16.4. The van der Waals surface area contributed by atoms with Gasteiger partial charge < -0.3 is 10.4 Å². The smallest absolute Gasteiger partial charge is 0.0570 e. The Kier molecular flexibility index (Phi) is 6.11. The summed E-state index contributed by atoms with van der Waals surface area (Å²) in [7, 11) is 0. The molecule has 0 aromatic heterocycles. The van der Waals surface area contributed by atoms with Crippen molar-refractivity contribution in [2.24, 2.45) is 11.1 Å². The summed E-state index contributed by atoms with van der Waals surface area (Å²) in [6, 6.07) is 0. The molecule has 0 amide bonds. The van der Waals surface area contributed by atoms with Crippen LogP contribution in [0.1, 0.15) is 32.1 Å². The van der Waals surface area contributed by atoms with Gasteiger partial charge in [0.05, 0.1) is 5.71 Å². The van der Waals surface area contributed by atoms with E-state index < -0.39 is 0 Å². The molecule has 0 bridgehead atoms. The Hall–Kier alpha value is -0.610. The summed E-state index contributed by atoms with van der Waals surface area (Å²) in [6.07, 6.45) is 5.74. The second-order valence-corrected chi connectivity index (χ2v) is 2.23. The molecule has 10 heavy (non-hydrogen) atoms. The van der Waals surface area contributed by atoms with Gasteiger partial charge in [-0.15, -0.1) is 0 Å². The summed E-state index contributed by atoms with van der Waals surface area (Å²) in [5, 5.41) is 17.9. The van der Waals surface area contributed by atoms with E-state index in [9.17, 15) is 0 Å². The van der Waals surface area contributed by atoms with Crippen LogP contribution in [-0.2, 0) is 0 Å². The minimum Gasteiger partial charge on any atom is -0.411 e. The van der Waals surface area contributed by atoms with Gasteiger partial charge in [-0.05, 0) is 25.7 Å². The maximum atomic E-state index is 8.28. The molecule has 1 rings (SSSR count). The topological polar surface area (TPSA) is 78.8 Å². The molecule has 4 nitrogen and oxygen atoms in total. The molecule has 4 N–H and O–H groups in total. The molecule has 60 valence electrons. The lowest BCUT2D eigenvalue weighted by molar-refractivity contribution is 0.311. The first kappa shape index (κ1) is 9.39. The first-order chi connectivity index (χ1) is 4.93. The predicted molar refractivity (Wildman–Crippen MR) is 38.3 cm³/mol. The van der Waals surface area contributed by atoms with Crippen molar-refractivity contribution in [2.45, 2.75) is 32.1 Å². The van der Waals surface area contributed by atoms with Gasteiger partial charge >= 0.3 is 0 Å². The van der Waals surface area contributed by atoms with E-state index in [0.29, 0.717) is 0 Å². The minimum absolute atomic E-state index is 0.983. The maximum absolute atomic E-state index is 8.28. The van der Waals surface area contributed by atoms with Crippen molar-refractivity contribution in [1.29, 1.82) is 0 Å². The summed E-state index contributed by atoms with van der Waals surface area (Å²) in [6.45, 7) is 0. The third-order valence-corrected chi connectivity index (χ3v) is 1.57. The lowest BCUT2D eigenvalue weighted by Crippen LogP contribution is -2.03. The summed E-state index contributed by atoms with van der Waals surface area (Å²) in [5.74, 6) is 3.50. The SMILES string of the molecule is NO.ON=C1CCCCC1. The Bertz CT molecular complexity index is 95.9. The zero-order valence-electron chi connectivity index (χ0n) is 5.95. The van der Waals surface area contributed by atoms with Crippen LogP contribution in [0.4, 0.5) is 0 Å². The van der Waals surface area contributed by atoms with E-state index >= 15 is 0 Å². The highest BCUT2D eigenvalue weighted by Crippen LogP contribution is 2.13. The van der Waals surface area contributed by atoms with Crippen molar-refractivity contribution < 1.29 is 10.4 Å². The average Bonchev–Trinajstić information content (AvgIpc) is 2.10. The number of hydrogen-bond donors (Lipinski definition) is 3. The van der Waals surface area contributed by atoms with Crippen LogP contribution in [-0.4, -0.2) is 16.1 Å². The molecule has 0 unspecified atom stereocenters. The van der Waals surface area contributed by atoms with Gasteiger partial charge in [0.25, 0.3) is 0 Å².